The lowest BCUT2D eigenvalue weighted by molar-refractivity contribution is 0.0725. The smallest absolute Gasteiger partial charge is 0.257 e. The van der Waals surface area contributed by atoms with Gasteiger partial charge in [-0.3, -0.25) is 14.6 Å². The molecule has 1 aliphatic rings. The molecular weight excluding hydrogens is 302 g/mol. The van der Waals surface area contributed by atoms with Crippen molar-refractivity contribution in [3.63, 3.8) is 0 Å². The molecule has 1 fully saturated rings. The Morgan fingerprint density at radius 2 is 1.79 bits per heavy atom. The molecule has 0 radical (unpaired) electrons. The van der Waals surface area contributed by atoms with Crippen molar-refractivity contribution in [3.8, 4) is 0 Å². The second-order valence-electron chi connectivity index (χ2n) is 6.04. The Morgan fingerprint density at radius 3 is 2.50 bits per heavy atom. The van der Waals surface area contributed by atoms with E-state index < -0.39 is 0 Å². The van der Waals surface area contributed by atoms with Gasteiger partial charge >= 0.3 is 0 Å². The molecule has 124 valence electrons. The molecule has 2 amide bonds. The van der Waals surface area contributed by atoms with Gasteiger partial charge in [0.1, 0.15) is 0 Å². The number of carbonyl (C=O) groups is 2. The number of hydrogen-bond donors (Lipinski definition) is 1. The van der Waals surface area contributed by atoms with Crippen molar-refractivity contribution < 1.29 is 9.59 Å². The van der Waals surface area contributed by atoms with Gasteiger partial charge in [-0.2, -0.15) is 0 Å². The molecule has 1 saturated heterocycles. The Balaban J connectivity index is 1.79. The first-order valence-corrected chi connectivity index (χ1v) is 8.27. The monoisotopic (exact) mass is 323 g/mol. The Labute approximate surface area is 141 Å². The number of aromatic nitrogens is 1. The van der Waals surface area contributed by atoms with Gasteiger partial charge in [0.25, 0.3) is 11.8 Å². The minimum Gasteiger partial charge on any atom is -0.339 e. The summed E-state index contributed by atoms with van der Waals surface area (Å²) in [5.74, 6) is -0.283. The first-order valence-electron chi connectivity index (χ1n) is 8.27. The van der Waals surface area contributed by atoms with Gasteiger partial charge in [-0.05, 0) is 50.5 Å². The zero-order chi connectivity index (χ0) is 16.9. The fraction of sp³-hybridized carbons (Fsp3) is 0.316. The number of nitrogens with zero attached hydrogens (tertiary/aromatic N) is 2. The highest BCUT2D eigenvalue weighted by atomic mass is 16.2. The number of nitrogens with one attached hydrogen (secondary N) is 1. The SMILES string of the molecule is Cc1ccc(C(=O)Nc2ccccc2C(=O)N2CCCCC2)cn1. The van der Waals surface area contributed by atoms with Crippen LogP contribution in [0.25, 0.3) is 0 Å². The average molecular weight is 323 g/mol. The van der Waals surface area contributed by atoms with Crippen LogP contribution in [0.1, 0.15) is 45.7 Å². The third-order valence-corrected chi connectivity index (χ3v) is 4.22. The van der Waals surface area contributed by atoms with Gasteiger partial charge in [-0.15, -0.1) is 0 Å². The highest BCUT2D eigenvalue weighted by Gasteiger charge is 2.21. The molecule has 5 heteroatoms. The summed E-state index contributed by atoms with van der Waals surface area (Å²) in [6.45, 7) is 3.43. The van der Waals surface area contributed by atoms with Crippen LogP contribution in [0.2, 0.25) is 0 Å². The normalized spacial score (nSPS) is 14.3. The van der Waals surface area contributed by atoms with Crippen LogP contribution in [-0.2, 0) is 0 Å². The summed E-state index contributed by atoms with van der Waals surface area (Å²) in [4.78, 5) is 31.1. The summed E-state index contributed by atoms with van der Waals surface area (Å²) < 4.78 is 0. The number of hydrogen-bond acceptors (Lipinski definition) is 3. The molecule has 1 aromatic heterocycles. The summed E-state index contributed by atoms with van der Waals surface area (Å²) in [7, 11) is 0. The molecule has 3 rings (SSSR count). The molecule has 0 bridgehead atoms. The van der Waals surface area contributed by atoms with Gasteiger partial charge in [0.2, 0.25) is 0 Å². The quantitative estimate of drug-likeness (QED) is 0.943. The Kier molecular flexibility index (Phi) is 4.89. The van der Waals surface area contributed by atoms with Gasteiger partial charge < -0.3 is 10.2 Å². The van der Waals surface area contributed by atoms with Gasteiger partial charge in [-0.1, -0.05) is 12.1 Å². The molecule has 1 aromatic carbocycles. The molecule has 1 aliphatic heterocycles. The number of piperidine rings is 1. The Bertz CT molecular complexity index is 735. The van der Waals surface area contributed by atoms with E-state index in [-0.39, 0.29) is 11.8 Å². The van der Waals surface area contributed by atoms with E-state index >= 15 is 0 Å². The van der Waals surface area contributed by atoms with Crippen LogP contribution in [0.4, 0.5) is 5.69 Å². The molecule has 0 spiro atoms. The minimum absolute atomic E-state index is 0.0207. The summed E-state index contributed by atoms with van der Waals surface area (Å²) in [6, 6.07) is 10.7. The second-order valence-corrected chi connectivity index (χ2v) is 6.04. The van der Waals surface area contributed by atoms with Gasteiger partial charge in [0.05, 0.1) is 16.8 Å². The zero-order valence-corrected chi connectivity index (χ0v) is 13.8. The minimum atomic E-state index is -0.263. The molecule has 1 N–H and O–H groups in total. The van der Waals surface area contributed by atoms with E-state index in [9.17, 15) is 9.59 Å². The lowest BCUT2D eigenvalue weighted by atomic mass is 10.1. The number of anilines is 1. The molecule has 0 saturated carbocycles. The van der Waals surface area contributed by atoms with E-state index in [0.717, 1.165) is 31.6 Å². The molecule has 0 atom stereocenters. The third kappa shape index (κ3) is 3.62. The predicted octanol–water partition coefficient (Wildman–Crippen LogP) is 3.27. The van der Waals surface area contributed by atoms with Gasteiger partial charge in [0, 0.05) is 25.0 Å². The summed E-state index contributed by atoms with van der Waals surface area (Å²) >= 11 is 0. The summed E-state index contributed by atoms with van der Waals surface area (Å²) in [6.07, 6.45) is 4.78. The summed E-state index contributed by atoms with van der Waals surface area (Å²) in [5, 5.41) is 2.84. The van der Waals surface area contributed by atoms with Crippen LogP contribution in [0.5, 0.6) is 0 Å². The van der Waals surface area contributed by atoms with Crippen LogP contribution in [0, 0.1) is 6.92 Å². The van der Waals surface area contributed by atoms with E-state index in [1.54, 1.807) is 30.5 Å². The van der Waals surface area contributed by atoms with E-state index in [4.69, 9.17) is 0 Å². The van der Waals surface area contributed by atoms with E-state index in [2.05, 4.69) is 10.3 Å². The van der Waals surface area contributed by atoms with Crippen molar-refractivity contribution in [2.24, 2.45) is 0 Å². The highest BCUT2D eigenvalue weighted by Crippen LogP contribution is 2.20. The van der Waals surface area contributed by atoms with Crippen LogP contribution < -0.4 is 5.32 Å². The molecular formula is C19H21N3O2. The first-order chi connectivity index (χ1) is 11.6. The van der Waals surface area contributed by atoms with Crippen LogP contribution in [-0.4, -0.2) is 34.8 Å². The molecule has 2 aromatic rings. The van der Waals surface area contributed by atoms with E-state index in [0.29, 0.717) is 16.8 Å². The molecule has 24 heavy (non-hydrogen) atoms. The van der Waals surface area contributed by atoms with Crippen LogP contribution in [0.15, 0.2) is 42.6 Å². The number of aryl methyl sites for hydroxylation is 1. The third-order valence-electron chi connectivity index (χ3n) is 4.22. The molecule has 5 nitrogen and oxygen atoms in total. The van der Waals surface area contributed by atoms with Gasteiger partial charge in [0.15, 0.2) is 0 Å². The lowest BCUT2D eigenvalue weighted by Gasteiger charge is -2.27. The largest absolute Gasteiger partial charge is 0.339 e. The number of likely N-dealkylation sites (tertiary alicyclic amines) is 1. The zero-order valence-electron chi connectivity index (χ0n) is 13.8. The van der Waals surface area contributed by atoms with Crippen molar-refractivity contribution in [1.29, 1.82) is 0 Å². The maximum Gasteiger partial charge on any atom is 0.257 e. The van der Waals surface area contributed by atoms with Crippen molar-refractivity contribution in [2.75, 3.05) is 18.4 Å². The predicted molar refractivity (Wildman–Crippen MR) is 93.1 cm³/mol. The standard InChI is InChI=1S/C19H21N3O2/c1-14-9-10-15(13-20-14)18(23)21-17-8-4-3-7-16(17)19(24)22-11-5-2-6-12-22/h3-4,7-10,13H,2,5-6,11-12H2,1H3,(H,21,23). The second kappa shape index (κ2) is 7.25. The van der Waals surface area contributed by atoms with Crippen molar-refractivity contribution in [3.05, 3.63) is 59.4 Å². The average Bonchev–Trinajstić information content (AvgIpc) is 2.63. The number of carbonyl (C=O) groups excluding carboxylic acids is 2. The topological polar surface area (TPSA) is 62.3 Å². The molecule has 0 aliphatic carbocycles. The molecule has 0 unspecified atom stereocenters. The number of rotatable bonds is 3. The van der Waals surface area contributed by atoms with Crippen LogP contribution in [0.3, 0.4) is 0 Å². The maximum atomic E-state index is 12.7. The van der Waals surface area contributed by atoms with Crippen molar-refractivity contribution in [1.82, 2.24) is 9.88 Å². The number of pyridine rings is 1. The fourth-order valence-corrected chi connectivity index (χ4v) is 2.84. The molecule has 2 heterocycles. The van der Waals surface area contributed by atoms with Crippen LogP contribution >= 0.6 is 0 Å². The highest BCUT2D eigenvalue weighted by molar-refractivity contribution is 6.08. The lowest BCUT2D eigenvalue weighted by Crippen LogP contribution is -2.36. The van der Waals surface area contributed by atoms with Crippen molar-refractivity contribution in [2.45, 2.75) is 26.2 Å². The van der Waals surface area contributed by atoms with Gasteiger partial charge in [-0.25, -0.2) is 0 Å². The number of amides is 2. The van der Waals surface area contributed by atoms with E-state index in [1.165, 1.54) is 6.42 Å². The number of benzene rings is 1. The first kappa shape index (κ1) is 16.2. The maximum absolute atomic E-state index is 12.7. The summed E-state index contributed by atoms with van der Waals surface area (Å²) in [5.41, 5.74) is 2.40. The Hall–Kier alpha value is -2.69. The van der Waals surface area contributed by atoms with Crippen molar-refractivity contribution >= 4 is 17.5 Å². The van der Waals surface area contributed by atoms with E-state index in [1.807, 2.05) is 24.0 Å². The Morgan fingerprint density at radius 1 is 1.04 bits per heavy atom. The fourth-order valence-electron chi connectivity index (χ4n) is 2.84. The number of para-hydroxylation sites is 1.